The molecule has 0 aromatic carbocycles. The van der Waals surface area contributed by atoms with Crippen molar-refractivity contribution >= 4 is 19.2 Å². The molecular weight excluding hydrogens is 292 g/mol. The quantitative estimate of drug-likeness (QED) is 0.427. The Morgan fingerprint density at radius 1 is 0.650 bits per heavy atom. The van der Waals surface area contributed by atoms with Crippen molar-refractivity contribution in [2.45, 2.75) is 98.4 Å². The summed E-state index contributed by atoms with van der Waals surface area (Å²) in [5.41, 5.74) is -1.08. The van der Waals surface area contributed by atoms with Crippen molar-refractivity contribution in [2.24, 2.45) is 0 Å². The molecule has 0 unspecified atom stereocenters. The molecular formula is C15H33ClO3Si. The van der Waals surface area contributed by atoms with Gasteiger partial charge in [-0.15, -0.1) is 0 Å². The van der Waals surface area contributed by atoms with Crippen LogP contribution in [0.25, 0.3) is 0 Å². The normalized spacial score (nSPS) is 14.7. The number of halogens is 1. The van der Waals surface area contributed by atoms with Crippen LogP contribution in [0.4, 0.5) is 0 Å². The SMILES string of the molecule is CCC(C)(C)O[Si](Cl)(OC(C)(C)CC)OC(C)(C)CC. The van der Waals surface area contributed by atoms with Gasteiger partial charge in [0.15, 0.2) is 0 Å². The molecule has 20 heavy (non-hydrogen) atoms. The monoisotopic (exact) mass is 324 g/mol. The lowest BCUT2D eigenvalue weighted by Crippen LogP contribution is -2.54. The van der Waals surface area contributed by atoms with Crippen molar-refractivity contribution in [3.63, 3.8) is 0 Å². The molecule has 122 valence electrons. The van der Waals surface area contributed by atoms with Crippen LogP contribution in [0.15, 0.2) is 0 Å². The van der Waals surface area contributed by atoms with Crippen molar-refractivity contribution in [3.05, 3.63) is 0 Å². The molecule has 0 aromatic heterocycles. The van der Waals surface area contributed by atoms with Gasteiger partial charge in [-0.05, 0) is 60.8 Å². The van der Waals surface area contributed by atoms with Gasteiger partial charge < -0.3 is 13.3 Å². The van der Waals surface area contributed by atoms with Gasteiger partial charge in [0.1, 0.15) is 0 Å². The Hall–Kier alpha value is 0.387. The van der Waals surface area contributed by atoms with Crippen LogP contribution in [-0.4, -0.2) is 24.9 Å². The van der Waals surface area contributed by atoms with Crippen molar-refractivity contribution in [3.8, 4) is 0 Å². The van der Waals surface area contributed by atoms with Crippen LogP contribution < -0.4 is 0 Å². The Morgan fingerprint density at radius 3 is 1.00 bits per heavy atom. The molecule has 0 amide bonds. The molecule has 0 aromatic rings. The Balaban J connectivity index is 5.23. The summed E-state index contributed by atoms with van der Waals surface area (Å²) in [6.07, 6.45) is 2.54. The zero-order chi connectivity index (χ0) is 16.2. The summed E-state index contributed by atoms with van der Waals surface area (Å²) in [4.78, 5) is 0. The third-order valence-corrected chi connectivity index (χ3v) is 6.83. The van der Waals surface area contributed by atoms with Crippen LogP contribution in [0.3, 0.4) is 0 Å². The van der Waals surface area contributed by atoms with Crippen molar-refractivity contribution in [2.75, 3.05) is 0 Å². The van der Waals surface area contributed by atoms with Gasteiger partial charge in [-0.25, -0.2) is 0 Å². The van der Waals surface area contributed by atoms with Crippen LogP contribution in [0.5, 0.6) is 0 Å². The molecule has 0 heterocycles. The van der Waals surface area contributed by atoms with Crippen molar-refractivity contribution < 1.29 is 13.3 Å². The van der Waals surface area contributed by atoms with Crippen molar-refractivity contribution in [1.82, 2.24) is 0 Å². The van der Waals surface area contributed by atoms with E-state index in [1.165, 1.54) is 0 Å². The fourth-order valence-corrected chi connectivity index (χ4v) is 5.69. The first-order chi connectivity index (χ1) is 8.80. The second-order valence-electron chi connectivity index (χ2n) is 7.13. The topological polar surface area (TPSA) is 27.7 Å². The average molecular weight is 325 g/mol. The van der Waals surface area contributed by atoms with Crippen LogP contribution in [0, 0.1) is 0 Å². The summed E-state index contributed by atoms with van der Waals surface area (Å²) in [5.74, 6) is 0. The predicted octanol–water partition coefficient (Wildman–Crippen LogP) is 5.28. The van der Waals surface area contributed by atoms with E-state index >= 15 is 0 Å². The smallest absolute Gasteiger partial charge is 0.356 e. The van der Waals surface area contributed by atoms with E-state index in [0.29, 0.717) is 0 Å². The van der Waals surface area contributed by atoms with Gasteiger partial charge in [-0.3, -0.25) is 0 Å². The molecule has 0 rings (SSSR count). The lowest BCUT2D eigenvalue weighted by Gasteiger charge is -2.41. The van der Waals surface area contributed by atoms with E-state index in [0.717, 1.165) is 19.3 Å². The molecule has 0 atom stereocenters. The molecule has 5 heteroatoms. The first-order valence-electron chi connectivity index (χ1n) is 7.60. The van der Waals surface area contributed by atoms with Gasteiger partial charge >= 0.3 is 8.11 Å². The summed E-state index contributed by atoms with van der Waals surface area (Å²) in [6, 6.07) is 0. The molecule has 0 bridgehead atoms. The minimum Gasteiger partial charge on any atom is -0.356 e. The number of rotatable bonds is 9. The van der Waals surface area contributed by atoms with Gasteiger partial charge in [-0.1, -0.05) is 31.9 Å². The zero-order valence-electron chi connectivity index (χ0n) is 14.7. The second-order valence-corrected chi connectivity index (χ2v) is 10.1. The lowest BCUT2D eigenvalue weighted by atomic mass is 10.1. The van der Waals surface area contributed by atoms with Crippen LogP contribution >= 0.6 is 11.1 Å². The highest BCUT2D eigenvalue weighted by molar-refractivity contribution is 7.09. The molecule has 0 N–H and O–H groups in total. The summed E-state index contributed by atoms with van der Waals surface area (Å²) in [6.45, 7) is 18.3. The number of hydrogen-bond acceptors (Lipinski definition) is 3. The summed E-state index contributed by atoms with van der Waals surface area (Å²) in [7, 11) is -3.25. The summed E-state index contributed by atoms with van der Waals surface area (Å²) in [5, 5.41) is 0. The maximum absolute atomic E-state index is 6.70. The van der Waals surface area contributed by atoms with E-state index in [1.54, 1.807) is 0 Å². The van der Waals surface area contributed by atoms with Crippen LogP contribution in [0.1, 0.15) is 81.6 Å². The van der Waals surface area contributed by atoms with E-state index in [2.05, 4.69) is 20.8 Å². The Bertz CT molecular complexity index is 258. The van der Waals surface area contributed by atoms with E-state index in [4.69, 9.17) is 24.4 Å². The van der Waals surface area contributed by atoms with Gasteiger partial charge in [0.2, 0.25) is 0 Å². The minimum atomic E-state index is -3.25. The number of hydrogen-bond donors (Lipinski definition) is 0. The minimum absolute atomic E-state index is 0.360. The molecule has 0 spiro atoms. The predicted molar refractivity (Wildman–Crippen MR) is 88.0 cm³/mol. The second kappa shape index (κ2) is 7.10. The Labute approximate surface area is 131 Å². The standard InChI is InChI=1S/C15H33ClO3Si/c1-10-13(4,5)17-20(16,18-14(6,7)11-2)19-15(8,9)12-3/h10-12H2,1-9H3. The molecule has 0 saturated heterocycles. The first kappa shape index (κ1) is 20.4. The molecule has 0 radical (unpaired) electrons. The first-order valence-corrected chi connectivity index (χ1v) is 10.3. The fraction of sp³-hybridized carbons (Fsp3) is 1.00. The maximum Gasteiger partial charge on any atom is 0.614 e. The van der Waals surface area contributed by atoms with Crippen LogP contribution in [0.2, 0.25) is 0 Å². The molecule has 3 nitrogen and oxygen atoms in total. The Morgan fingerprint density at radius 2 is 0.850 bits per heavy atom. The van der Waals surface area contributed by atoms with E-state index in [1.807, 2.05) is 41.5 Å². The van der Waals surface area contributed by atoms with Gasteiger partial charge in [0, 0.05) is 0 Å². The molecule has 0 aliphatic rings. The Kier molecular flexibility index (Phi) is 7.24. The fourth-order valence-electron chi connectivity index (χ4n) is 1.27. The summed E-state index contributed by atoms with van der Waals surface area (Å²) >= 11 is 6.70. The lowest BCUT2D eigenvalue weighted by molar-refractivity contribution is -0.0758. The maximum atomic E-state index is 6.70. The molecule has 0 aliphatic heterocycles. The molecule has 0 aliphatic carbocycles. The van der Waals surface area contributed by atoms with E-state index < -0.39 is 8.11 Å². The largest absolute Gasteiger partial charge is 0.614 e. The van der Waals surface area contributed by atoms with Gasteiger partial charge in [0.25, 0.3) is 0 Å². The average Bonchev–Trinajstić information content (AvgIpc) is 2.26. The highest BCUT2D eigenvalue weighted by Crippen LogP contribution is 2.34. The van der Waals surface area contributed by atoms with E-state index in [-0.39, 0.29) is 16.8 Å². The third kappa shape index (κ3) is 7.41. The van der Waals surface area contributed by atoms with E-state index in [9.17, 15) is 0 Å². The third-order valence-electron chi connectivity index (χ3n) is 3.75. The summed E-state index contributed by atoms with van der Waals surface area (Å²) < 4.78 is 18.3. The molecule has 0 saturated carbocycles. The highest BCUT2D eigenvalue weighted by Gasteiger charge is 2.51. The highest BCUT2D eigenvalue weighted by atomic mass is 35.6. The van der Waals surface area contributed by atoms with Gasteiger partial charge in [0.05, 0.1) is 16.8 Å². The zero-order valence-corrected chi connectivity index (χ0v) is 16.5. The van der Waals surface area contributed by atoms with Gasteiger partial charge in [-0.2, -0.15) is 0 Å². The van der Waals surface area contributed by atoms with Crippen molar-refractivity contribution in [1.29, 1.82) is 0 Å². The molecule has 0 fully saturated rings. The van der Waals surface area contributed by atoms with Crippen LogP contribution in [-0.2, 0) is 13.3 Å².